The molecular weight excluding hydrogens is 393 g/mol. The summed E-state index contributed by atoms with van der Waals surface area (Å²) in [6.07, 6.45) is 6.48. The van der Waals surface area contributed by atoms with Crippen LogP contribution >= 0.6 is 23.2 Å². The standard InChI is InChI=1S/C23H27Cl2NO2/c1-3-12-26(2)13-6-4-5-7-14-28-22-10-8-18(9-11-22)23(27)19-15-20(24)17-21(25)16-19/h3,8-11,15-17H,1,4-7,12-14H2,2H3. The van der Waals surface area contributed by atoms with E-state index in [1.807, 2.05) is 18.2 Å². The molecule has 2 aromatic rings. The Labute approximate surface area is 177 Å². The molecule has 0 saturated carbocycles. The van der Waals surface area contributed by atoms with E-state index in [9.17, 15) is 4.79 Å². The predicted octanol–water partition coefficient (Wildman–Crippen LogP) is 6.28. The van der Waals surface area contributed by atoms with Gasteiger partial charge in [-0.05, 0) is 68.9 Å². The second-order valence-electron chi connectivity index (χ2n) is 6.83. The Morgan fingerprint density at radius 1 is 1.00 bits per heavy atom. The van der Waals surface area contributed by atoms with E-state index in [2.05, 4.69) is 18.5 Å². The van der Waals surface area contributed by atoms with E-state index in [4.69, 9.17) is 27.9 Å². The third-order valence-electron chi connectivity index (χ3n) is 4.38. The number of likely N-dealkylation sites (N-methyl/N-ethyl adjacent to an activating group) is 1. The monoisotopic (exact) mass is 419 g/mol. The first-order valence-corrected chi connectivity index (χ1v) is 10.3. The number of carbonyl (C=O) groups excluding carboxylic acids is 1. The summed E-state index contributed by atoms with van der Waals surface area (Å²) in [6, 6.07) is 12.0. The van der Waals surface area contributed by atoms with E-state index in [1.165, 1.54) is 12.8 Å². The number of ether oxygens (including phenoxy) is 1. The number of rotatable bonds is 12. The maximum atomic E-state index is 12.5. The fourth-order valence-corrected chi connectivity index (χ4v) is 3.42. The molecule has 0 radical (unpaired) electrons. The van der Waals surface area contributed by atoms with Crippen LogP contribution in [0.2, 0.25) is 10.0 Å². The van der Waals surface area contributed by atoms with Crippen molar-refractivity contribution in [1.29, 1.82) is 0 Å². The lowest BCUT2D eigenvalue weighted by Gasteiger charge is -2.13. The number of nitrogens with zero attached hydrogens (tertiary/aromatic N) is 1. The minimum Gasteiger partial charge on any atom is -0.494 e. The topological polar surface area (TPSA) is 29.5 Å². The van der Waals surface area contributed by atoms with Gasteiger partial charge in [0.1, 0.15) is 5.75 Å². The van der Waals surface area contributed by atoms with Crippen LogP contribution in [-0.4, -0.2) is 37.4 Å². The quantitative estimate of drug-likeness (QED) is 0.230. The van der Waals surface area contributed by atoms with Crippen LogP contribution in [0.5, 0.6) is 5.75 Å². The molecule has 3 nitrogen and oxygen atoms in total. The van der Waals surface area contributed by atoms with E-state index in [0.717, 1.165) is 31.7 Å². The van der Waals surface area contributed by atoms with E-state index in [1.54, 1.807) is 30.3 Å². The Morgan fingerprint density at radius 3 is 2.29 bits per heavy atom. The largest absolute Gasteiger partial charge is 0.494 e. The van der Waals surface area contributed by atoms with Gasteiger partial charge in [0, 0.05) is 27.7 Å². The van der Waals surface area contributed by atoms with Crippen LogP contribution in [0, 0.1) is 0 Å². The summed E-state index contributed by atoms with van der Waals surface area (Å²) >= 11 is 12.0. The molecule has 2 aromatic carbocycles. The Morgan fingerprint density at radius 2 is 1.64 bits per heavy atom. The molecule has 0 atom stereocenters. The van der Waals surface area contributed by atoms with Crippen molar-refractivity contribution in [3.05, 3.63) is 76.3 Å². The van der Waals surface area contributed by atoms with Crippen molar-refractivity contribution in [2.75, 3.05) is 26.7 Å². The molecule has 5 heteroatoms. The van der Waals surface area contributed by atoms with Crippen molar-refractivity contribution in [2.45, 2.75) is 25.7 Å². The molecule has 0 N–H and O–H groups in total. The molecule has 0 bridgehead atoms. The van der Waals surface area contributed by atoms with Gasteiger partial charge in [-0.15, -0.1) is 6.58 Å². The summed E-state index contributed by atoms with van der Waals surface area (Å²) in [5.41, 5.74) is 1.05. The highest BCUT2D eigenvalue weighted by Gasteiger charge is 2.11. The maximum Gasteiger partial charge on any atom is 0.193 e. The summed E-state index contributed by atoms with van der Waals surface area (Å²) in [4.78, 5) is 14.8. The predicted molar refractivity (Wildman–Crippen MR) is 118 cm³/mol. The van der Waals surface area contributed by atoms with Gasteiger partial charge in [-0.3, -0.25) is 4.79 Å². The Kier molecular flexibility index (Phi) is 9.56. The molecule has 150 valence electrons. The normalized spacial score (nSPS) is 10.9. The van der Waals surface area contributed by atoms with Crippen molar-refractivity contribution in [3.63, 3.8) is 0 Å². The minimum absolute atomic E-state index is 0.114. The fraction of sp³-hybridized carbons (Fsp3) is 0.348. The smallest absolute Gasteiger partial charge is 0.193 e. The van der Waals surface area contributed by atoms with E-state index in [0.29, 0.717) is 27.8 Å². The lowest BCUT2D eigenvalue weighted by atomic mass is 10.0. The summed E-state index contributed by atoms with van der Waals surface area (Å²) in [7, 11) is 2.11. The summed E-state index contributed by atoms with van der Waals surface area (Å²) in [6.45, 7) is 6.46. The number of ketones is 1. The molecule has 0 fully saturated rings. The van der Waals surface area contributed by atoms with Gasteiger partial charge in [-0.1, -0.05) is 42.1 Å². The zero-order valence-corrected chi connectivity index (χ0v) is 17.8. The van der Waals surface area contributed by atoms with Crippen LogP contribution in [0.3, 0.4) is 0 Å². The number of benzene rings is 2. The first-order chi connectivity index (χ1) is 13.5. The van der Waals surface area contributed by atoms with Crippen LogP contribution in [0.15, 0.2) is 55.1 Å². The molecule has 0 aliphatic rings. The molecule has 0 unspecified atom stereocenters. The van der Waals surface area contributed by atoms with Gasteiger partial charge in [-0.2, -0.15) is 0 Å². The maximum absolute atomic E-state index is 12.5. The third kappa shape index (κ3) is 7.67. The highest BCUT2D eigenvalue weighted by molar-refractivity contribution is 6.35. The molecular formula is C23H27Cl2NO2. The number of hydrogen-bond acceptors (Lipinski definition) is 3. The van der Waals surface area contributed by atoms with Crippen LogP contribution in [-0.2, 0) is 0 Å². The SMILES string of the molecule is C=CCN(C)CCCCCCOc1ccc(C(=O)c2cc(Cl)cc(Cl)c2)cc1. The average Bonchev–Trinajstić information content (AvgIpc) is 2.66. The highest BCUT2D eigenvalue weighted by Crippen LogP contribution is 2.22. The van der Waals surface area contributed by atoms with Gasteiger partial charge >= 0.3 is 0 Å². The first kappa shape index (κ1) is 22.5. The molecule has 0 heterocycles. The Balaban J connectivity index is 1.72. The molecule has 0 amide bonds. The molecule has 2 rings (SSSR count). The summed E-state index contributed by atoms with van der Waals surface area (Å²) < 4.78 is 5.77. The molecule has 0 spiro atoms. The van der Waals surface area contributed by atoms with Crippen molar-refractivity contribution in [3.8, 4) is 5.75 Å². The van der Waals surface area contributed by atoms with Gasteiger partial charge in [0.05, 0.1) is 6.61 Å². The van der Waals surface area contributed by atoms with Gasteiger partial charge in [0.2, 0.25) is 0 Å². The number of unbranched alkanes of at least 4 members (excludes halogenated alkanes) is 3. The zero-order chi connectivity index (χ0) is 20.4. The molecule has 0 aliphatic carbocycles. The molecule has 0 aromatic heterocycles. The van der Waals surface area contributed by atoms with Crippen molar-refractivity contribution < 1.29 is 9.53 Å². The lowest BCUT2D eigenvalue weighted by Crippen LogP contribution is -2.19. The highest BCUT2D eigenvalue weighted by atomic mass is 35.5. The van der Waals surface area contributed by atoms with Gasteiger partial charge < -0.3 is 9.64 Å². The van der Waals surface area contributed by atoms with Crippen LogP contribution in [0.4, 0.5) is 0 Å². The molecule has 0 saturated heterocycles. The second kappa shape index (κ2) is 11.9. The fourth-order valence-electron chi connectivity index (χ4n) is 2.89. The van der Waals surface area contributed by atoms with E-state index >= 15 is 0 Å². The molecule has 28 heavy (non-hydrogen) atoms. The third-order valence-corrected chi connectivity index (χ3v) is 4.82. The zero-order valence-electron chi connectivity index (χ0n) is 16.3. The Bertz CT molecular complexity index is 754. The number of halogens is 2. The van der Waals surface area contributed by atoms with Crippen LogP contribution < -0.4 is 4.74 Å². The van der Waals surface area contributed by atoms with Crippen molar-refractivity contribution in [1.82, 2.24) is 4.90 Å². The first-order valence-electron chi connectivity index (χ1n) is 9.52. The van der Waals surface area contributed by atoms with Gasteiger partial charge in [0.15, 0.2) is 5.78 Å². The summed E-state index contributed by atoms with van der Waals surface area (Å²) in [5, 5.41) is 0.895. The van der Waals surface area contributed by atoms with Crippen molar-refractivity contribution >= 4 is 29.0 Å². The summed E-state index contributed by atoms with van der Waals surface area (Å²) in [5.74, 6) is 0.656. The van der Waals surface area contributed by atoms with Crippen molar-refractivity contribution in [2.24, 2.45) is 0 Å². The molecule has 0 aliphatic heterocycles. The Hall–Kier alpha value is -1.81. The minimum atomic E-state index is -0.114. The van der Waals surface area contributed by atoms with Gasteiger partial charge in [-0.25, -0.2) is 0 Å². The van der Waals surface area contributed by atoms with Crippen LogP contribution in [0.25, 0.3) is 0 Å². The number of hydrogen-bond donors (Lipinski definition) is 0. The second-order valence-corrected chi connectivity index (χ2v) is 7.70. The van der Waals surface area contributed by atoms with Gasteiger partial charge in [0.25, 0.3) is 0 Å². The lowest BCUT2D eigenvalue weighted by molar-refractivity contribution is 0.103. The average molecular weight is 420 g/mol. The van der Waals surface area contributed by atoms with Crippen LogP contribution in [0.1, 0.15) is 41.6 Å². The number of carbonyl (C=O) groups is 1. The van der Waals surface area contributed by atoms with E-state index < -0.39 is 0 Å². The van der Waals surface area contributed by atoms with E-state index in [-0.39, 0.29) is 5.78 Å².